The number of fused-ring (bicyclic) bond motifs is 1. The quantitative estimate of drug-likeness (QED) is 0.765. The Morgan fingerprint density at radius 3 is 2.79 bits per heavy atom. The van der Waals surface area contributed by atoms with Crippen LogP contribution in [-0.4, -0.2) is 19.5 Å². The molecule has 0 unspecified atom stereocenters. The fourth-order valence-electron chi connectivity index (χ4n) is 1.87. The van der Waals surface area contributed by atoms with Crippen LogP contribution < -0.4 is 5.73 Å². The van der Waals surface area contributed by atoms with Gasteiger partial charge >= 0.3 is 0 Å². The molecule has 96 valence electrons. The normalized spacial score (nSPS) is 10.9. The molecule has 0 bridgehead atoms. The van der Waals surface area contributed by atoms with Crippen LogP contribution in [0.2, 0.25) is 0 Å². The molecule has 2 heterocycles. The van der Waals surface area contributed by atoms with Gasteiger partial charge in [0.25, 0.3) is 0 Å². The average molecular weight is 255 g/mol. The average Bonchev–Trinajstić information content (AvgIpc) is 2.85. The zero-order valence-electron chi connectivity index (χ0n) is 10.2. The molecule has 3 rings (SSSR count). The minimum Gasteiger partial charge on any atom is -0.382 e. The van der Waals surface area contributed by atoms with Crippen molar-refractivity contribution >= 4 is 17.0 Å². The predicted molar refractivity (Wildman–Crippen MR) is 71.0 cm³/mol. The molecule has 0 aliphatic heterocycles. The Bertz CT molecular complexity index is 680. The summed E-state index contributed by atoms with van der Waals surface area (Å²) in [4.78, 5) is 12.2. The van der Waals surface area contributed by atoms with Gasteiger partial charge in [-0.1, -0.05) is 30.3 Å². The Morgan fingerprint density at radius 2 is 1.95 bits per heavy atom. The van der Waals surface area contributed by atoms with Gasteiger partial charge in [-0.2, -0.15) is 0 Å². The van der Waals surface area contributed by atoms with Crippen LogP contribution in [0.1, 0.15) is 5.56 Å². The van der Waals surface area contributed by atoms with Crippen molar-refractivity contribution < 1.29 is 4.74 Å². The minimum absolute atomic E-state index is 0.364. The highest BCUT2D eigenvalue weighted by Crippen LogP contribution is 2.15. The van der Waals surface area contributed by atoms with Crippen molar-refractivity contribution in [2.75, 3.05) is 5.73 Å². The summed E-state index contributed by atoms with van der Waals surface area (Å²) in [7, 11) is 0. The number of nitrogen functional groups attached to an aromatic ring is 1. The fraction of sp³-hybridized carbons (Fsp3) is 0.154. The van der Waals surface area contributed by atoms with E-state index in [9.17, 15) is 0 Å². The van der Waals surface area contributed by atoms with E-state index in [0.717, 1.165) is 5.56 Å². The maximum absolute atomic E-state index is 5.82. The van der Waals surface area contributed by atoms with Gasteiger partial charge in [0.05, 0.1) is 12.9 Å². The molecule has 0 saturated carbocycles. The van der Waals surface area contributed by atoms with E-state index in [1.54, 1.807) is 10.9 Å². The van der Waals surface area contributed by atoms with E-state index in [1.807, 2.05) is 30.3 Å². The first-order valence-corrected chi connectivity index (χ1v) is 5.87. The number of rotatable bonds is 4. The number of anilines is 1. The number of imidazole rings is 1. The molecule has 0 radical (unpaired) electrons. The Labute approximate surface area is 109 Å². The number of benzene rings is 1. The highest BCUT2D eigenvalue weighted by atomic mass is 16.5. The van der Waals surface area contributed by atoms with Crippen LogP contribution in [0.25, 0.3) is 11.2 Å². The van der Waals surface area contributed by atoms with Crippen LogP contribution in [0.3, 0.4) is 0 Å². The summed E-state index contributed by atoms with van der Waals surface area (Å²) in [6, 6.07) is 9.98. The second-order valence-corrected chi connectivity index (χ2v) is 4.11. The summed E-state index contributed by atoms with van der Waals surface area (Å²) in [5, 5.41) is 0. The summed E-state index contributed by atoms with van der Waals surface area (Å²) in [6.45, 7) is 0.900. The topological polar surface area (TPSA) is 78.9 Å². The summed E-state index contributed by atoms with van der Waals surface area (Å²) in [5.74, 6) is 0.408. The minimum atomic E-state index is 0.364. The van der Waals surface area contributed by atoms with Crippen LogP contribution in [0.5, 0.6) is 0 Å². The van der Waals surface area contributed by atoms with Gasteiger partial charge in [-0.15, -0.1) is 0 Å². The summed E-state index contributed by atoms with van der Waals surface area (Å²) < 4.78 is 7.44. The Hall–Kier alpha value is -2.47. The van der Waals surface area contributed by atoms with Gasteiger partial charge in [-0.3, -0.25) is 0 Å². The second kappa shape index (κ2) is 5.03. The Balaban J connectivity index is 1.72. The zero-order valence-corrected chi connectivity index (χ0v) is 10.2. The van der Waals surface area contributed by atoms with Crippen LogP contribution in [0, 0.1) is 0 Å². The molecular weight excluding hydrogens is 242 g/mol. The van der Waals surface area contributed by atoms with Gasteiger partial charge in [-0.25, -0.2) is 15.0 Å². The SMILES string of the molecule is Nc1ncnc2ncn(COCc3ccccc3)c12. The number of hydrogen-bond donors (Lipinski definition) is 1. The van der Waals surface area contributed by atoms with E-state index in [-0.39, 0.29) is 0 Å². The van der Waals surface area contributed by atoms with E-state index in [4.69, 9.17) is 10.5 Å². The third-order valence-corrected chi connectivity index (χ3v) is 2.78. The summed E-state index contributed by atoms with van der Waals surface area (Å²) >= 11 is 0. The number of aromatic nitrogens is 4. The lowest BCUT2D eigenvalue weighted by molar-refractivity contribution is 0.0664. The first kappa shape index (κ1) is 11.6. The number of hydrogen-bond acceptors (Lipinski definition) is 5. The van der Waals surface area contributed by atoms with Crippen molar-refractivity contribution in [1.82, 2.24) is 19.5 Å². The van der Waals surface area contributed by atoms with E-state index in [0.29, 0.717) is 30.3 Å². The van der Waals surface area contributed by atoms with E-state index >= 15 is 0 Å². The molecule has 0 atom stereocenters. The third kappa shape index (κ3) is 2.38. The van der Waals surface area contributed by atoms with Gasteiger partial charge in [0, 0.05) is 0 Å². The van der Waals surface area contributed by atoms with Gasteiger partial charge in [0.15, 0.2) is 11.5 Å². The summed E-state index contributed by atoms with van der Waals surface area (Å²) in [6.07, 6.45) is 3.06. The first-order valence-electron chi connectivity index (χ1n) is 5.87. The van der Waals surface area contributed by atoms with Gasteiger partial charge in [0.2, 0.25) is 0 Å². The molecule has 2 aromatic heterocycles. The van der Waals surface area contributed by atoms with Crippen molar-refractivity contribution in [3.05, 3.63) is 48.5 Å². The standard InChI is InChI=1S/C13H13N5O/c14-12-11-13(16-7-15-12)17-8-18(11)9-19-6-10-4-2-1-3-5-10/h1-5,7-8H,6,9H2,(H2,14,15,16). The molecule has 2 N–H and O–H groups in total. The van der Waals surface area contributed by atoms with Crippen molar-refractivity contribution in [2.45, 2.75) is 13.3 Å². The molecule has 0 aliphatic carbocycles. The molecule has 0 spiro atoms. The molecule has 1 aromatic carbocycles. The van der Waals surface area contributed by atoms with Crippen molar-refractivity contribution in [2.24, 2.45) is 0 Å². The molecule has 0 saturated heterocycles. The molecular formula is C13H13N5O. The Kier molecular flexibility index (Phi) is 3.07. The largest absolute Gasteiger partial charge is 0.382 e. The molecule has 6 nitrogen and oxygen atoms in total. The summed E-state index contributed by atoms with van der Waals surface area (Å²) in [5.41, 5.74) is 8.22. The Morgan fingerprint density at radius 1 is 1.11 bits per heavy atom. The lowest BCUT2D eigenvalue weighted by Gasteiger charge is -2.06. The van der Waals surface area contributed by atoms with Crippen LogP contribution in [0.4, 0.5) is 5.82 Å². The lowest BCUT2D eigenvalue weighted by atomic mass is 10.2. The van der Waals surface area contributed by atoms with Gasteiger partial charge < -0.3 is 15.0 Å². The van der Waals surface area contributed by atoms with Crippen molar-refractivity contribution in [1.29, 1.82) is 0 Å². The molecule has 6 heteroatoms. The zero-order chi connectivity index (χ0) is 13.1. The van der Waals surface area contributed by atoms with Crippen LogP contribution in [0.15, 0.2) is 43.0 Å². The second-order valence-electron chi connectivity index (χ2n) is 4.11. The maximum Gasteiger partial charge on any atom is 0.183 e. The van der Waals surface area contributed by atoms with E-state index in [2.05, 4.69) is 15.0 Å². The number of ether oxygens (including phenoxy) is 1. The van der Waals surface area contributed by atoms with Crippen molar-refractivity contribution in [3.63, 3.8) is 0 Å². The highest BCUT2D eigenvalue weighted by molar-refractivity contribution is 5.81. The predicted octanol–water partition coefficient (Wildman–Crippen LogP) is 1.58. The lowest BCUT2D eigenvalue weighted by Crippen LogP contribution is -2.04. The maximum atomic E-state index is 5.82. The highest BCUT2D eigenvalue weighted by Gasteiger charge is 2.07. The molecule has 0 fully saturated rings. The van der Waals surface area contributed by atoms with Crippen molar-refractivity contribution in [3.8, 4) is 0 Å². The molecule has 0 amide bonds. The van der Waals surface area contributed by atoms with Gasteiger partial charge in [0.1, 0.15) is 18.6 Å². The number of nitrogens with two attached hydrogens (primary N) is 1. The first-order chi connectivity index (χ1) is 9.34. The fourth-order valence-corrected chi connectivity index (χ4v) is 1.87. The number of nitrogens with zero attached hydrogens (tertiary/aromatic N) is 4. The third-order valence-electron chi connectivity index (χ3n) is 2.78. The van der Waals surface area contributed by atoms with Gasteiger partial charge in [-0.05, 0) is 5.56 Å². The van der Waals surface area contributed by atoms with Crippen LogP contribution in [-0.2, 0) is 18.1 Å². The molecule has 3 aromatic rings. The molecule has 0 aliphatic rings. The van der Waals surface area contributed by atoms with E-state index < -0.39 is 0 Å². The van der Waals surface area contributed by atoms with E-state index in [1.165, 1.54) is 6.33 Å². The molecule has 19 heavy (non-hydrogen) atoms. The monoisotopic (exact) mass is 255 g/mol. The van der Waals surface area contributed by atoms with Crippen LogP contribution >= 0.6 is 0 Å². The smallest absolute Gasteiger partial charge is 0.183 e.